The number of benzene rings is 1. The molecule has 0 aliphatic carbocycles. The highest BCUT2D eigenvalue weighted by atomic mass is 35.5. The number of nitrogen functional groups attached to an aromatic ring is 1. The topological polar surface area (TPSA) is 53.1 Å². The number of hydrogen-bond donors (Lipinski definition) is 1. The number of hydrogen-bond acceptors (Lipinski definition) is 3. The minimum Gasteiger partial charge on any atom is -0.496 e. The molecule has 0 aliphatic heterocycles. The maximum atomic E-state index is 12.7. The molecule has 1 aromatic heterocycles. The van der Waals surface area contributed by atoms with E-state index < -0.39 is 11.7 Å². The Morgan fingerprint density at radius 1 is 1.35 bits per heavy atom. The molecule has 2 N–H and O–H groups in total. The van der Waals surface area contributed by atoms with Gasteiger partial charge in [0.1, 0.15) is 11.6 Å². The van der Waals surface area contributed by atoms with Crippen molar-refractivity contribution in [1.29, 1.82) is 0 Å². The highest BCUT2D eigenvalue weighted by molar-refractivity contribution is 6.34. The fourth-order valence-electron chi connectivity index (χ4n) is 1.81. The molecule has 2 rings (SSSR count). The van der Waals surface area contributed by atoms with Gasteiger partial charge in [-0.25, -0.2) is 0 Å². The van der Waals surface area contributed by atoms with Crippen LogP contribution in [0.3, 0.4) is 0 Å². The van der Waals surface area contributed by atoms with Crippen LogP contribution in [-0.2, 0) is 13.2 Å². The number of rotatable bonds is 2. The highest BCUT2D eigenvalue weighted by Gasteiger charge is 2.33. The van der Waals surface area contributed by atoms with E-state index in [1.165, 1.54) is 18.0 Å². The van der Waals surface area contributed by atoms with Gasteiger partial charge in [0.25, 0.3) is 0 Å². The number of nitrogens with zero attached hydrogens (tertiary/aromatic N) is 2. The fourth-order valence-corrected chi connectivity index (χ4v) is 2.12. The molecule has 0 saturated carbocycles. The predicted molar refractivity (Wildman–Crippen MR) is 69.6 cm³/mol. The summed E-state index contributed by atoms with van der Waals surface area (Å²) in [6.07, 6.45) is -3.08. The number of halogens is 4. The fraction of sp³-hybridized carbons (Fsp3) is 0.250. The molecule has 0 unspecified atom stereocenters. The SMILES string of the molecule is COc1cc(C(F)(F)F)cc(Cl)c1-c1cnn(C)c1N. The first-order valence-electron chi connectivity index (χ1n) is 5.48. The Morgan fingerprint density at radius 2 is 2.00 bits per heavy atom. The summed E-state index contributed by atoms with van der Waals surface area (Å²) in [5.74, 6) is 0.273. The van der Waals surface area contributed by atoms with Crippen molar-refractivity contribution in [3.05, 3.63) is 28.9 Å². The number of alkyl halides is 3. The third-order valence-electron chi connectivity index (χ3n) is 2.86. The summed E-state index contributed by atoms with van der Waals surface area (Å²) in [5, 5.41) is 3.83. The molecule has 0 amide bonds. The first-order chi connectivity index (χ1) is 9.25. The molecule has 20 heavy (non-hydrogen) atoms. The molecule has 4 nitrogen and oxygen atoms in total. The van der Waals surface area contributed by atoms with Crippen LogP contribution in [0.25, 0.3) is 11.1 Å². The van der Waals surface area contributed by atoms with Crippen LogP contribution >= 0.6 is 11.6 Å². The van der Waals surface area contributed by atoms with E-state index in [0.717, 1.165) is 12.1 Å². The Kier molecular flexibility index (Phi) is 3.56. The quantitative estimate of drug-likeness (QED) is 0.925. The van der Waals surface area contributed by atoms with Gasteiger partial charge in [-0.15, -0.1) is 0 Å². The molecule has 0 radical (unpaired) electrons. The molecule has 8 heteroatoms. The monoisotopic (exact) mass is 305 g/mol. The van der Waals surface area contributed by atoms with Crippen molar-refractivity contribution in [2.24, 2.45) is 7.05 Å². The van der Waals surface area contributed by atoms with Crippen molar-refractivity contribution < 1.29 is 17.9 Å². The standard InChI is InChI=1S/C12H11ClF3N3O/c1-19-11(17)7(5-18-19)10-8(13)3-6(12(14,15)16)4-9(10)20-2/h3-5H,17H2,1-2H3. The molecule has 108 valence electrons. The molecule has 0 saturated heterocycles. The summed E-state index contributed by atoms with van der Waals surface area (Å²) in [4.78, 5) is 0. The van der Waals surface area contributed by atoms with Crippen LogP contribution in [-0.4, -0.2) is 16.9 Å². The first-order valence-corrected chi connectivity index (χ1v) is 5.86. The average Bonchev–Trinajstić information content (AvgIpc) is 2.68. The second kappa shape index (κ2) is 4.90. The Bertz CT molecular complexity index is 652. The van der Waals surface area contributed by atoms with E-state index in [4.69, 9.17) is 22.1 Å². The van der Waals surface area contributed by atoms with Crippen LogP contribution in [0.4, 0.5) is 19.0 Å². The lowest BCUT2D eigenvalue weighted by Gasteiger charge is -2.14. The average molecular weight is 306 g/mol. The van der Waals surface area contributed by atoms with Gasteiger partial charge in [-0.3, -0.25) is 4.68 Å². The number of anilines is 1. The van der Waals surface area contributed by atoms with Crippen molar-refractivity contribution in [3.63, 3.8) is 0 Å². The van der Waals surface area contributed by atoms with Crippen LogP contribution in [0.1, 0.15) is 5.56 Å². The number of methoxy groups -OCH3 is 1. The summed E-state index contributed by atoms with van der Waals surface area (Å²) >= 11 is 5.96. The summed E-state index contributed by atoms with van der Waals surface area (Å²) in [7, 11) is 2.88. The van der Waals surface area contributed by atoms with Gasteiger partial charge >= 0.3 is 6.18 Å². The van der Waals surface area contributed by atoms with E-state index in [0.29, 0.717) is 5.56 Å². The normalized spacial score (nSPS) is 11.7. The smallest absolute Gasteiger partial charge is 0.416 e. The summed E-state index contributed by atoms with van der Waals surface area (Å²) in [6, 6.07) is 1.72. The van der Waals surface area contributed by atoms with Gasteiger partial charge in [-0.1, -0.05) is 11.6 Å². The Morgan fingerprint density at radius 3 is 2.45 bits per heavy atom. The van der Waals surface area contributed by atoms with Gasteiger partial charge in [0.05, 0.1) is 23.9 Å². The van der Waals surface area contributed by atoms with Gasteiger partial charge in [0, 0.05) is 18.2 Å². The van der Waals surface area contributed by atoms with Crippen LogP contribution in [0.15, 0.2) is 18.3 Å². The maximum absolute atomic E-state index is 12.7. The molecule has 0 spiro atoms. The van der Waals surface area contributed by atoms with E-state index in [-0.39, 0.29) is 22.2 Å². The van der Waals surface area contributed by atoms with Crippen molar-refractivity contribution in [1.82, 2.24) is 9.78 Å². The first kappa shape index (κ1) is 14.5. The molecule has 0 fully saturated rings. The molecule has 1 aromatic carbocycles. The number of ether oxygens (including phenoxy) is 1. The lowest BCUT2D eigenvalue weighted by molar-refractivity contribution is -0.137. The predicted octanol–water partition coefficient (Wildman–Crippen LogP) is 3.35. The highest BCUT2D eigenvalue weighted by Crippen LogP contribution is 2.43. The number of aryl methyl sites for hydroxylation is 1. The summed E-state index contributed by atoms with van der Waals surface area (Å²) in [6.45, 7) is 0. The molecule has 1 heterocycles. The molecule has 2 aromatic rings. The largest absolute Gasteiger partial charge is 0.496 e. The van der Waals surface area contributed by atoms with Crippen molar-refractivity contribution in [3.8, 4) is 16.9 Å². The Labute approximate surface area is 117 Å². The summed E-state index contributed by atoms with van der Waals surface area (Å²) < 4.78 is 44.6. The zero-order valence-corrected chi connectivity index (χ0v) is 11.4. The maximum Gasteiger partial charge on any atom is 0.416 e. The minimum atomic E-state index is -4.50. The Balaban J connectivity index is 2.69. The van der Waals surface area contributed by atoms with Crippen LogP contribution in [0.5, 0.6) is 5.75 Å². The molecule has 0 aliphatic rings. The zero-order chi connectivity index (χ0) is 15.1. The van der Waals surface area contributed by atoms with Gasteiger partial charge in [0.2, 0.25) is 0 Å². The third-order valence-corrected chi connectivity index (χ3v) is 3.15. The second-order valence-corrected chi connectivity index (χ2v) is 4.51. The van der Waals surface area contributed by atoms with Crippen LogP contribution in [0, 0.1) is 0 Å². The lowest BCUT2D eigenvalue weighted by atomic mass is 10.0. The van der Waals surface area contributed by atoms with Crippen molar-refractivity contribution in [2.75, 3.05) is 12.8 Å². The molecule has 0 atom stereocenters. The van der Waals surface area contributed by atoms with Crippen molar-refractivity contribution in [2.45, 2.75) is 6.18 Å². The second-order valence-electron chi connectivity index (χ2n) is 4.10. The van der Waals surface area contributed by atoms with Crippen LogP contribution < -0.4 is 10.5 Å². The summed E-state index contributed by atoms with van der Waals surface area (Å²) in [5.41, 5.74) is 5.64. The number of aromatic nitrogens is 2. The lowest BCUT2D eigenvalue weighted by Crippen LogP contribution is -2.06. The Hall–Kier alpha value is -1.89. The van der Waals surface area contributed by atoms with Gasteiger partial charge in [0.15, 0.2) is 0 Å². The van der Waals surface area contributed by atoms with Gasteiger partial charge in [-0.2, -0.15) is 18.3 Å². The molecule has 0 bridgehead atoms. The van der Waals surface area contributed by atoms with E-state index in [2.05, 4.69) is 5.10 Å². The van der Waals surface area contributed by atoms with Gasteiger partial charge < -0.3 is 10.5 Å². The third kappa shape index (κ3) is 2.40. The number of nitrogens with two attached hydrogens (primary N) is 1. The van der Waals surface area contributed by atoms with E-state index in [1.807, 2.05) is 0 Å². The molecular weight excluding hydrogens is 295 g/mol. The van der Waals surface area contributed by atoms with E-state index in [1.54, 1.807) is 7.05 Å². The van der Waals surface area contributed by atoms with Crippen LogP contribution in [0.2, 0.25) is 5.02 Å². The van der Waals surface area contributed by atoms with Crippen molar-refractivity contribution >= 4 is 17.4 Å². The van der Waals surface area contributed by atoms with E-state index in [9.17, 15) is 13.2 Å². The van der Waals surface area contributed by atoms with Gasteiger partial charge in [-0.05, 0) is 12.1 Å². The minimum absolute atomic E-state index is 0.00970. The molecular formula is C12H11ClF3N3O. The zero-order valence-electron chi connectivity index (χ0n) is 10.6. The van der Waals surface area contributed by atoms with E-state index >= 15 is 0 Å².